The number of nitro benzene ring substituents is 2. The first-order valence-electron chi connectivity index (χ1n) is 7.84. The summed E-state index contributed by atoms with van der Waals surface area (Å²) < 4.78 is 0. The average molecular weight is 390 g/mol. The van der Waals surface area contributed by atoms with Gasteiger partial charge in [0.15, 0.2) is 0 Å². The molecular formula is C18H16ClN3O5. The van der Waals surface area contributed by atoms with Crippen LogP contribution in [0.3, 0.4) is 0 Å². The van der Waals surface area contributed by atoms with Gasteiger partial charge in [-0.2, -0.15) is 0 Å². The predicted octanol–water partition coefficient (Wildman–Crippen LogP) is 4.39. The Kier molecular flexibility index (Phi) is 6.25. The molecule has 0 aliphatic heterocycles. The Morgan fingerprint density at radius 2 is 1.85 bits per heavy atom. The molecule has 27 heavy (non-hydrogen) atoms. The number of rotatable bonds is 6. The third-order valence-corrected chi connectivity index (χ3v) is 4.40. The number of hydrogen-bond acceptors (Lipinski definition) is 5. The molecule has 1 amide bonds. The molecule has 2 rings (SSSR count). The molecule has 1 unspecified atom stereocenters. The van der Waals surface area contributed by atoms with Crippen molar-refractivity contribution in [3.05, 3.63) is 84.9 Å². The van der Waals surface area contributed by atoms with E-state index in [1.165, 1.54) is 41.3 Å². The third-order valence-electron chi connectivity index (χ3n) is 4.08. The van der Waals surface area contributed by atoms with E-state index in [0.29, 0.717) is 11.1 Å². The number of likely N-dealkylation sites (N-methyl/N-ethyl adjacent to an activating group) is 1. The van der Waals surface area contributed by atoms with E-state index in [2.05, 4.69) is 0 Å². The van der Waals surface area contributed by atoms with Crippen molar-refractivity contribution in [2.75, 3.05) is 7.05 Å². The van der Waals surface area contributed by atoms with Crippen molar-refractivity contribution in [2.24, 2.45) is 0 Å². The average Bonchev–Trinajstić information content (AvgIpc) is 2.65. The molecule has 0 spiro atoms. The van der Waals surface area contributed by atoms with Gasteiger partial charge in [0.25, 0.3) is 11.4 Å². The van der Waals surface area contributed by atoms with Crippen molar-refractivity contribution in [3.63, 3.8) is 0 Å². The number of nitrogens with zero attached hydrogens (tertiary/aromatic N) is 3. The standard InChI is InChI=1S/C18H16ClN3O5/c1-12(14-4-3-5-15(11-14)21(24)25)20(2)18(23)9-7-13-6-8-16(19)17(10-13)22(26)27/h3-12H,1-2H3/b9-7+. The second-order valence-electron chi connectivity index (χ2n) is 5.78. The van der Waals surface area contributed by atoms with Crippen LogP contribution in [0.15, 0.2) is 48.5 Å². The van der Waals surface area contributed by atoms with Crippen LogP contribution in [0.1, 0.15) is 24.1 Å². The summed E-state index contributed by atoms with van der Waals surface area (Å²) in [7, 11) is 1.57. The van der Waals surface area contributed by atoms with E-state index in [9.17, 15) is 25.0 Å². The second-order valence-corrected chi connectivity index (χ2v) is 6.19. The molecule has 0 saturated carbocycles. The van der Waals surface area contributed by atoms with Gasteiger partial charge in [-0.15, -0.1) is 0 Å². The zero-order valence-electron chi connectivity index (χ0n) is 14.5. The van der Waals surface area contributed by atoms with Crippen LogP contribution in [-0.4, -0.2) is 27.7 Å². The van der Waals surface area contributed by atoms with Crippen LogP contribution in [0.2, 0.25) is 5.02 Å². The zero-order chi connectivity index (χ0) is 20.1. The van der Waals surface area contributed by atoms with Crippen molar-refractivity contribution in [1.82, 2.24) is 4.90 Å². The van der Waals surface area contributed by atoms with Gasteiger partial charge >= 0.3 is 0 Å². The molecule has 0 N–H and O–H groups in total. The Bertz CT molecular complexity index is 929. The molecule has 0 radical (unpaired) electrons. The predicted molar refractivity (Wildman–Crippen MR) is 101 cm³/mol. The van der Waals surface area contributed by atoms with Crippen LogP contribution in [0, 0.1) is 20.2 Å². The molecule has 1 atom stereocenters. The van der Waals surface area contributed by atoms with E-state index in [0.717, 1.165) is 0 Å². The topological polar surface area (TPSA) is 107 Å². The molecule has 0 aliphatic carbocycles. The normalized spacial score (nSPS) is 12.0. The van der Waals surface area contributed by atoms with Crippen molar-refractivity contribution < 1.29 is 14.6 Å². The van der Waals surface area contributed by atoms with E-state index < -0.39 is 15.9 Å². The molecule has 0 aliphatic rings. The van der Waals surface area contributed by atoms with Crippen LogP contribution < -0.4 is 0 Å². The Hall–Kier alpha value is -3.26. The highest BCUT2D eigenvalue weighted by Crippen LogP contribution is 2.26. The summed E-state index contributed by atoms with van der Waals surface area (Å²) >= 11 is 5.76. The lowest BCUT2D eigenvalue weighted by Crippen LogP contribution is -2.28. The minimum atomic E-state index is -0.599. The molecule has 140 valence electrons. The Labute approximate surface area is 160 Å². The molecule has 0 heterocycles. The van der Waals surface area contributed by atoms with Crippen LogP contribution in [0.5, 0.6) is 0 Å². The first-order valence-corrected chi connectivity index (χ1v) is 8.21. The number of amides is 1. The van der Waals surface area contributed by atoms with Gasteiger partial charge in [-0.1, -0.05) is 29.8 Å². The summed E-state index contributed by atoms with van der Waals surface area (Å²) in [5.41, 5.74) is 0.778. The number of benzene rings is 2. The number of halogens is 1. The summed E-state index contributed by atoms with van der Waals surface area (Å²) in [4.78, 5) is 34.5. The summed E-state index contributed by atoms with van der Waals surface area (Å²) in [6, 6.07) is 9.88. The molecule has 0 fully saturated rings. The maximum atomic E-state index is 12.4. The lowest BCUT2D eigenvalue weighted by atomic mass is 10.1. The summed E-state index contributed by atoms with van der Waals surface area (Å²) in [6.07, 6.45) is 2.73. The number of carbonyl (C=O) groups is 1. The number of non-ortho nitro benzene ring substituents is 1. The van der Waals surface area contributed by atoms with Crippen LogP contribution in [0.25, 0.3) is 6.08 Å². The van der Waals surface area contributed by atoms with E-state index in [-0.39, 0.29) is 22.3 Å². The van der Waals surface area contributed by atoms with Crippen LogP contribution >= 0.6 is 11.6 Å². The maximum Gasteiger partial charge on any atom is 0.288 e. The van der Waals surface area contributed by atoms with Crippen LogP contribution in [-0.2, 0) is 4.79 Å². The summed E-state index contributed by atoms with van der Waals surface area (Å²) in [5.74, 6) is -0.355. The molecule has 2 aromatic carbocycles. The van der Waals surface area contributed by atoms with Gasteiger partial charge in [-0.3, -0.25) is 25.0 Å². The van der Waals surface area contributed by atoms with Gasteiger partial charge < -0.3 is 4.90 Å². The lowest BCUT2D eigenvalue weighted by Gasteiger charge is -2.24. The SMILES string of the molecule is CC(c1cccc([N+](=O)[O-])c1)N(C)C(=O)/C=C/c1ccc(Cl)c([N+](=O)[O-])c1. The highest BCUT2D eigenvalue weighted by atomic mass is 35.5. The van der Waals surface area contributed by atoms with Crippen molar-refractivity contribution in [1.29, 1.82) is 0 Å². The lowest BCUT2D eigenvalue weighted by molar-refractivity contribution is -0.385. The van der Waals surface area contributed by atoms with E-state index in [4.69, 9.17) is 11.6 Å². The highest BCUT2D eigenvalue weighted by molar-refractivity contribution is 6.32. The van der Waals surface area contributed by atoms with Crippen molar-refractivity contribution in [2.45, 2.75) is 13.0 Å². The quantitative estimate of drug-likeness (QED) is 0.413. The van der Waals surface area contributed by atoms with Gasteiger partial charge in [-0.05, 0) is 30.2 Å². The first-order chi connectivity index (χ1) is 12.7. The molecule has 0 saturated heterocycles. The smallest absolute Gasteiger partial charge is 0.288 e. The molecule has 0 aromatic heterocycles. The van der Waals surface area contributed by atoms with Gasteiger partial charge in [0, 0.05) is 31.3 Å². The Morgan fingerprint density at radius 1 is 1.15 bits per heavy atom. The van der Waals surface area contributed by atoms with Gasteiger partial charge in [0.2, 0.25) is 5.91 Å². The molecule has 8 nitrogen and oxygen atoms in total. The first kappa shape index (κ1) is 20.1. The monoisotopic (exact) mass is 389 g/mol. The number of hydrogen-bond donors (Lipinski definition) is 0. The maximum absolute atomic E-state index is 12.4. The third kappa shape index (κ3) is 4.89. The van der Waals surface area contributed by atoms with Crippen molar-refractivity contribution in [3.8, 4) is 0 Å². The zero-order valence-corrected chi connectivity index (χ0v) is 15.3. The van der Waals surface area contributed by atoms with Crippen LogP contribution in [0.4, 0.5) is 11.4 Å². The Morgan fingerprint density at radius 3 is 2.48 bits per heavy atom. The second kappa shape index (κ2) is 8.41. The number of nitro groups is 2. The molecule has 0 bridgehead atoms. The molecular weight excluding hydrogens is 374 g/mol. The summed E-state index contributed by atoms with van der Waals surface area (Å²) in [6.45, 7) is 1.75. The highest BCUT2D eigenvalue weighted by Gasteiger charge is 2.18. The Balaban J connectivity index is 2.16. The minimum absolute atomic E-state index is 0.0138. The van der Waals surface area contributed by atoms with E-state index in [1.807, 2.05) is 0 Å². The fourth-order valence-corrected chi connectivity index (χ4v) is 2.56. The van der Waals surface area contributed by atoms with Gasteiger partial charge in [0.05, 0.1) is 15.9 Å². The van der Waals surface area contributed by atoms with E-state index >= 15 is 0 Å². The summed E-state index contributed by atoms with van der Waals surface area (Å²) in [5, 5.41) is 21.8. The van der Waals surface area contributed by atoms with Crippen molar-refractivity contribution >= 4 is 35.0 Å². The number of carbonyl (C=O) groups excluding carboxylic acids is 1. The van der Waals surface area contributed by atoms with E-state index in [1.54, 1.807) is 32.2 Å². The fraction of sp³-hybridized carbons (Fsp3) is 0.167. The molecule has 2 aromatic rings. The van der Waals surface area contributed by atoms with Gasteiger partial charge in [0.1, 0.15) is 5.02 Å². The largest absolute Gasteiger partial charge is 0.335 e. The van der Waals surface area contributed by atoms with Gasteiger partial charge in [-0.25, -0.2) is 0 Å². The minimum Gasteiger partial charge on any atom is -0.335 e. The fourth-order valence-electron chi connectivity index (χ4n) is 2.37. The molecule has 9 heteroatoms.